The Morgan fingerprint density at radius 2 is 2.03 bits per heavy atom. The second-order valence-corrected chi connectivity index (χ2v) is 7.64. The number of rotatable bonds is 5. The first-order valence-electron chi connectivity index (χ1n) is 9.55. The molecule has 0 amide bonds. The van der Waals surface area contributed by atoms with Crippen molar-refractivity contribution >= 4 is 40.2 Å². The van der Waals surface area contributed by atoms with E-state index in [1.807, 2.05) is 24.3 Å². The quantitative estimate of drug-likeness (QED) is 0.657. The molecule has 3 aromatic rings. The summed E-state index contributed by atoms with van der Waals surface area (Å²) in [6, 6.07) is 1.95. The molecule has 0 saturated carbocycles. The van der Waals surface area contributed by atoms with Crippen LogP contribution in [0.25, 0.3) is 5.52 Å². The third-order valence-electron chi connectivity index (χ3n) is 5.10. The Kier molecular flexibility index (Phi) is 5.72. The first-order chi connectivity index (χ1) is 14.0. The van der Waals surface area contributed by atoms with E-state index >= 15 is 0 Å². The molecule has 0 bridgehead atoms. The van der Waals surface area contributed by atoms with Gasteiger partial charge in [-0.1, -0.05) is 23.2 Å². The third kappa shape index (κ3) is 3.70. The lowest BCUT2D eigenvalue weighted by atomic mass is 10.0. The maximum atomic E-state index is 6.63. The summed E-state index contributed by atoms with van der Waals surface area (Å²) in [5.74, 6) is 1.91. The molecule has 0 radical (unpaired) electrons. The summed E-state index contributed by atoms with van der Waals surface area (Å²) in [6.07, 6.45) is 3.93. The minimum Gasteiger partial charge on any atom is -0.491 e. The van der Waals surface area contributed by atoms with E-state index in [1.54, 1.807) is 12.4 Å². The van der Waals surface area contributed by atoms with Crippen molar-refractivity contribution in [3.05, 3.63) is 45.6 Å². The lowest BCUT2D eigenvalue weighted by Gasteiger charge is -2.32. The smallest absolute Gasteiger partial charge is 0.158 e. The highest BCUT2D eigenvalue weighted by Crippen LogP contribution is 2.41. The monoisotopic (exact) mass is 435 g/mol. The Bertz CT molecular complexity index is 1050. The molecule has 154 valence electrons. The maximum Gasteiger partial charge on any atom is 0.158 e. The van der Waals surface area contributed by atoms with Crippen LogP contribution in [0.15, 0.2) is 18.5 Å². The van der Waals surface area contributed by atoms with Gasteiger partial charge in [-0.25, -0.2) is 9.97 Å². The van der Waals surface area contributed by atoms with Crippen LogP contribution in [0, 0.1) is 6.92 Å². The predicted octanol–water partition coefficient (Wildman–Crippen LogP) is 3.75. The van der Waals surface area contributed by atoms with Crippen molar-refractivity contribution in [2.24, 2.45) is 0 Å². The van der Waals surface area contributed by atoms with Crippen molar-refractivity contribution in [2.45, 2.75) is 20.3 Å². The maximum absolute atomic E-state index is 6.63. The minimum absolute atomic E-state index is 0.329. The Balaban J connectivity index is 1.84. The number of hydrogen-bond donors (Lipinski definition) is 1. The number of anilines is 2. The van der Waals surface area contributed by atoms with Gasteiger partial charge in [0.2, 0.25) is 0 Å². The number of imidazole rings is 1. The fraction of sp³-hybridized carbons (Fsp3) is 0.400. The van der Waals surface area contributed by atoms with E-state index in [0.29, 0.717) is 47.8 Å². The highest BCUT2D eigenvalue weighted by Gasteiger charge is 2.24. The molecule has 0 spiro atoms. The topological polar surface area (TPSA) is 77.9 Å². The molecule has 1 aromatic carbocycles. The number of benzene rings is 1. The first kappa shape index (κ1) is 20.1. The van der Waals surface area contributed by atoms with Gasteiger partial charge in [-0.2, -0.15) is 0 Å². The summed E-state index contributed by atoms with van der Waals surface area (Å²) >= 11 is 13.0. The van der Waals surface area contributed by atoms with Crippen LogP contribution in [0.1, 0.15) is 23.9 Å². The average molecular weight is 436 g/mol. The largest absolute Gasteiger partial charge is 0.491 e. The summed E-state index contributed by atoms with van der Waals surface area (Å²) in [5, 5.41) is 1.02. The van der Waals surface area contributed by atoms with Gasteiger partial charge < -0.3 is 20.1 Å². The van der Waals surface area contributed by atoms with E-state index in [4.69, 9.17) is 38.4 Å². The molecule has 7 nitrogen and oxygen atoms in total. The molecule has 2 N–H and O–H groups in total. The number of morpholine rings is 1. The van der Waals surface area contributed by atoms with Crippen LogP contribution in [0.4, 0.5) is 11.5 Å². The number of fused-ring (bicyclic) bond motifs is 1. The van der Waals surface area contributed by atoms with E-state index in [-0.39, 0.29) is 0 Å². The van der Waals surface area contributed by atoms with Gasteiger partial charge in [0.15, 0.2) is 11.0 Å². The number of hydrogen-bond acceptors (Lipinski definition) is 6. The van der Waals surface area contributed by atoms with Gasteiger partial charge in [-0.3, -0.25) is 4.40 Å². The van der Waals surface area contributed by atoms with Gasteiger partial charge in [0, 0.05) is 42.5 Å². The Morgan fingerprint density at radius 3 is 2.76 bits per heavy atom. The van der Waals surface area contributed by atoms with Crippen LogP contribution >= 0.6 is 23.2 Å². The summed E-state index contributed by atoms with van der Waals surface area (Å²) in [6.45, 7) is 7.49. The number of nitrogen functional groups attached to an aromatic ring is 1. The van der Waals surface area contributed by atoms with Crippen molar-refractivity contribution in [2.75, 3.05) is 43.5 Å². The molecule has 1 fully saturated rings. The second-order valence-electron chi connectivity index (χ2n) is 6.88. The van der Waals surface area contributed by atoms with Crippen LogP contribution in [-0.4, -0.2) is 47.3 Å². The molecule has 4 rings (SSSR count). The molecule has 9 heteroatoms. The lowest BCUT2D eigenvalue weighted by molar-refractivity contribution is 0.122. The van der Waals surface area contributed by atoms with Crippen LogP contribution in [-0.2, 0) is 11.2 Å². The molecule has 2 aromatic heterocycles. The van der Waals surface area contributed by atoms with E-state index in [9.17, 15) is 0 Å². The Labute approximate surface area is 179 Å². The number of halogens is 2. The number of nitrogens with zero attached hydrogens (tertiary/aromatic N) is 4. The zero-order valence-corrected chi connectivity index (χ0v) is 17.9. The summed E-state index contributed by atoms with van der Waals surface area (Å²) in [7, 11) is 0. The lowest BCUT2D eigenvalue weighted by Crippen LogP contribution is -2.37. The van der Waals surface area contributed by atoms with E-state index in [0.717, 1.165) is 41.5 Å². The van der Waals surface area contributed by atoms with Gasteiger partial charge in [-0.15, -0.1) is 0 Å². The highest BCUT2D eigenvalue weighted by molar-refractivity contribution is 6.33. The van der Waals surface area contributed by atoms with Gasteiger partial charge in [0.05, 0.1) is 25.5 Å². The van der Waals surface area contributed by atoms with Gasteiger partial charge in [-0.05, 0) is 25.5 Å². The van der Waals surface area contributed by atoms with Crippen LogP contribution in [0.3, 0.4) is 0 Å². The molecule has 0 unspecified atom stereocenters. The molecular weight excluding hydrogens is 413 g/mol. The summed E-state index contributed by atoms with van der Waals surface area (Å²) < 4.78 is 13.5. The van der Waals surface area contributed by atoms with Crippen molar-refractivity contribution in [3.63, 3.8) is 0 Å². The second kappa shape index (κ2) is 8.26. The molecule has 1 aliphatic heterocycles. The van der Waals surface area contributed by atoms with Gasteiger partial charge >= 0.3 is 0 Å². The van der Waals surface area contributed by atoms with Crippen LogP contribution < -0.4 is 15.4 Å². The number of aromatic nitrogens is 3. The summed E-state index contributed by atoms with van der Waals surface area (Å²) in [4.78, 5) is 10.9. The molecular formula is C20H23Cl2N5O2. The van der Waals surface area contributed by atoms with Gasteiger partial charge in [0.1, 0.15) is 17.1 Å². The standard InChI is InChI=1S/C20H23Cl2N5O2/c1-3-29-18-13(10-14(21)12(2)16(18)26-6-8-28-9-7-26)11-15-25-19(22)17-20(23)24-4-5-27(15)17/h4-5,10H,3,6-9,11H2,1-2H3,(H2,23,24). The molecule has 1 aliphatic rings. The third-order valence-corrected chi connectivity index (χ3v) is 5.76. The van der Waals surface area contributed by atoms with E-state index < -0.39 is 0 Å². The first-order valence-corrected chi connectivity index (χ1v) is 10.3. The normalized spacial score (nSPS) is 14.6. The zero-order valence-electron chi connectivity index (χ0n) is 16.4. The van der Waals surface area contributed by atoms with Crippen molar-refractivity contribution in [3.8, 4) is 5.75 Å². The SMILES string of the molecule is CCOc1c(Cc2nc(Cl)c3c(N)nccn23)cc(Cl)c(C)c1N1CCOCC1. The zero-order chi connectivity index (χ0) is 20.5. The Hall–Kier alpha value is -2.22. The number of nitrogens with two attached hydrogens (primary N) is 1. The van der Waals surface area contributed by atoms with Crippen molar-refractivity contribution in [1.29, 1.82) is 0 Å². The minimum atomic E-state index is 0.329. The van der Waals surface area contributed by atoms with Crippen molar-refractivity contribution < 1.29 is 9.47 Å². The predicted molar refractivity (Wildman–Crippen MR) is 116 cm³/mol. The Morgan fingerprint density at radius 1 is 1.28 bits per heavy atom. The van der Waals surface area contributed by atoms with E-state index in [1.165, 1.54) is 0 Å². The molecule has 29 heavy (non-hydrogen) atoms. The molecule has 3 heterocycles. The molecule has 1 saturated heterocycles. The van der Waals surface area contributed by atoms with Crippen LogP contribution in [0.5, 0.6) is 5.75 Å². The summed E-state index contributed by atoms with van der Waals surface area (Å²) in [5.41, 5.74) is 9.56. The van der Waals surface area contributed by atoms with Gasteiger partial charge in [0.25, 0.3) is 0 Å². The fourth-order valence-corrected chi connectivity index (χ4v) is 4.25. The molecule has 0 aliphatic carbocycles. The number of ether oxygens (including phenoxy) is 2. The van der Waals surface area contributed by atoms with E-state index in [2.05, 4.69) is 14.9 Å². The highest BCUT2D eigenvalue weighted by atomic mass is 35.5. The molecule has 0 atom stereocenters. The fourth-order valence-electron chi connectivity index (χ4n) is 3.74. The van der Waals surface area contributed by atoms with Crippen molar-refractivity contribution in [1.82, 2.24) is 14.4 Å². The average Bonchev–Trinajstić information content (AvgIpc) is 3.03. The van der Waals surface area contributed by atoms with Crippen LogP contribution in [0.2, 0.25) is 10.2 Å².